The molecule has 2 aromatic rings. The van der Waals surface area contributed by atoms with E-state index in [-0.39, 0.29) is 12.3 Å². The maximum Gasteiger partial charge on any atom is 0.308 e. The van der Waals surface area contributed by atoms with Crippen molar-refractivity contribution in [2.24, 2.45) is 0 Å². The Morgan fingerprint density at radius 1 is 1.17 bits per heavy atom. The average Bonchev–Trinajstić information content (AvgIpc) is 2.72. The molecular formula is C21H22N2O5S. The van der Waals surface area contributed by atoms with E-state index in [0.717, 1.165) is 21.9 Å². The number of para-hydroxylation sites is 1. The molecule has 0 aromatic heterocycles. The largest absolute Gasteiger partial charge is 0.497 e. The molecule has 7 nitrogen and oxygen atoms in total. The molecule has 0 aliphatic carbocycles. The van der Waals surface area contributed by atoms with Crippen molar-refractivity contribution < 1.29 is 23.9 Å². The van der Waals surface area contributed by atoms with Crippen molar-refractivity contribution in [2.45, 2.75) is 36.1 Å². The van der Waals surface area contributed by atoms with E-state index >= 15 is 0 Å². The molecule has 0 bridgehead atoms. The van der Waals surface area contributed by atoms with E-state index in [1.54, 1.807) is 19.2 Å². The van der Waals surface area contributed by atoms with E-state index in [1.165, 1.54) is 18.7 Å². The summed E-state index contributed by atoms with van der Waals surface area (Å²) in [6, 6.07) is 14.7. The minimum atomic E-state index is -0.954. The highest BCUT2D eigenvalue weighted by molar-refractivity contribution is 8.01. The monoisotopic (exact) mass is 414 g/mol. The summed E-state index contributed by atoms with van der Waals surface area (Å²) in [6.45, 7) is 1.81. The number of esters is 1. The molecule has 152 valence electrons. The van der Waals surface area contributed by atoms with Gasteiger partial charge in [0.05, 0.1) is 24.5 Å². The van der Waals surface area contributed by atoms with Crippen molar-refractivity contribution in [3.63, 3.8) is 0 Å². The van der Waals surface area contributed by atoms with Crippen molar-refractivity contribution in [2.75, 3.05) is 12.4 Å². The number of methoxy groups -OCH3 is 1. The van der Waals surface area contributed by atoms with Gasteiger partial charge in [0.15, 0.2) is 6.10 Å². The van der Waals surface area contributed by atoms with Gasteiger partial charge in [-0.2, -0.15) is 0 Å². The Labute approximate surface area is 173 Å². The molecule has 0 fully saturated rings. The highest BCUT2D eigenvalue weighted by atomic mass is 32.2. The van der Waals surface area contributed by atoms with Gasteiger partial charge in [0.25, 0.3) is 5.91 Å². The molecular weight excluding hydrogens is 392 g/mol. The zero-order chi connectivity index (χ0) is 20.8. The van der Waals surface area contributed by atoms with Gasteiger partial charge in [0.1, 0.15) is 5.75 Å². The molecule has 0 radical (unpaired) electrons. The van der Waals surface area contributed by atoms with E-state index in [2.05, 4.69) is 10.6 Å². The summed E-state index contributed by atoms with van der Waals surface area (Å²) in [5.41, 5.74) is 1.63. The first-order chi connectivity index (χ1) is 14.0. The normalized spacial score (nSPS) is 16.2. The van der Waals surface area contributed by atoms with Crippen LogP contribution in [0.25, 0.3) is 0 Å². The Bertz CT molecular complexity index is 900. The number of carbonyl (C=O) groups excluding carboxylic acids is 3. The third-order valence-electron chi connectivity index (χ3n) is 4.36. The topological polar surface area (TPSA) is 93.7 Å². The van der Waals surface area contributed by atoms with Crippen molar-refractivity contribution in [1.29, 1.82) is 0 Å². The van der Waals surface area contributed by atoms with Crippen molar-refractivity contribution in [1.82, 2.24) is 5.32 Å². The highest BCUT2D eigenvalue weighted by Crippen LogP contribution is 2.36. The summed E-state index contributed by atoms with van der Waals surface area (Å²) in [6.07, 6.45) is -1.06. The number of thioether (sulfide) groups is 1. The Morgan fingerprint density at radius 3 is 2.62 bits per heavy atom. The van der Waals surface area contributed by atoms with Gasteiger partial charge in [-0.15, -0.1) is 11.8 Å². The number of fused-ring (bicyclic) bond motifs is 1. The van der Waals surface area contributed by atoms with Crippen LogP contribution >= 0.6 is 11.8 Å². The van der Waals surface area contributed by atoms with Crippen LogP contribution in [0.5, 0.6) is 5.75 Å². The zero-order valence-electron chi connectivity index (χ0n) is 16.1. The van der Waals surface area contributed by atoms with Gasteiger partial charge in [-0.3, -0.25) is 14.4 Å². The van der Waals surface area contributed by atoms with Crippen LogP contribution in [0.3, 0.4) is 0 Å². The number of hydrogen-bond donors (Lipinski definition) is 2. The lowest BCUT2D eigenvalue weighted by Gasteiger charge is -2.23. The third-order valence-corrected chi connectivity index (χ3v) is 5.64. The summed E-state index contributed by atoms with van der Waals surface area (Å²) in [7, 11) is 1.58. The predicted molar refractivity (Wildman–Crippen MR) is 110 cm³/mol. The average molecular weight is 414 g/mol. The molecule has 2 atom stereocenters. The minimum absolute atomic E-state index is 0.110. The quantitative estimate of drug-likeness (QED) is 0.677. The van der Waals surface area contributed by atoms with Crippen LogP contribution in [0.4, 0.5) is 5.69 Å². The van der Waals surface area contributed by atoms with Crippen LogP contribution in [0, 0.1) is 0 Å². The summed E-state index contributed by atoms with van der Waals surface area (Å²) >= 11 is 1.32. The molecule has 1 heterocycles. The number of carbonyl (C=O) groups is 3. The fraction of sp³-hybridized carbons (Fsp3) is 0.286. The summed E-state index contributed by atoms with van der Waals surface area (Å²) < 4.78 is 10.3. The molecule has 2 aromatic carbocycles. The molecule has 0 unspecified atom stereocenters. The van der Waals surface area contributed by atoms with E-state index < -0.39 is 23.2 Å². The third kappa shape index (κ3) is 5.51. The first-order valence-corrected chi connectivity index (χ1v) is 10.0. The number of hydrogen-bond acceptors (Lipinski definition) is 6. The molecule has 0 saturated carbocycles. The van der Waals surface area contributed by atoms with Crippen LogP contribution in [0.1, 0.15) is 18.9 Å². The molecule has 8 heteroatoms. The van der Waals surface area contributed by atoms with Crippen LogP contribution < -0.4 is 15.4 Å². The van der Waals surface area contributed by atoms with E-state index in [4.69, 9.17) is 9.47 Å². The van der Waals surface area contributed by atoms with Gasteiger partial charge < -0.3 is 20.1 Å². The van der Waals surface area contributed by atoms with E-state index in [1.807, 2.05) is 36.4 Å². The lowest BCUT2D eigenvalue weighted by Crippen LogP contribution is -2.37. The van der Waals surface area contributed by atoms with Crippen LogP contribution in [0.2, 0.25) is 0 Å². The van der Waals surface area contributed by atoms with Gasteiger partial charge in [-0.1, -0.05) is 24.3 Å². The standard InChI is InChI=1S/C21H22N2O5S/c1-13(20(25)22-12-14-7-9-15(27-2)10-8-14)28-19(24)11-18-21(26)23-16-5-3-4-6-17(16)29-18/h3-10,13,18H,11-12H2,1-2H3,(H,22,25)(H,23,26)/t13-,18+/m1/s1. The molecule has 2 amide bonds. The maximum absolute atomic E-state index is 12.2. The summed E-state index contributed by atoms with van der Waals surface area (Å²) in [5, 5.41) is 4.92. The molecule has 2 N–H and O–H groups in total. The van der Waals surface area contributed by atoms with Gasteiger partial charge >= 0.3 is 5.97 Å². The molecule has 29 heavy (non-hydrogen) atoms. The van der Waals surface area contributed by atoms with E-state index in [0.29, 0.717) is 6.54 Å². The number of benzene rings is 2. The van der Waals surface area contributed by atoms with Crippen molar-refractivity contribution in [3.8, 4) is 5.75 Å². The predicted octanol–water partition coefficient (Wildman–Crippen LogP) is 2.75. The van der Waals surface area contributed by atoms with Gasteiger partial charge in [0.2, 0.25) is 5.91 Å². The maximum atomic E-state index is 12.2. The lowest BCUT2D eigenvalue weighted by atomic mass is 10.2. The first kappa shape index (κ1) is 20.7. The summed E-state index contributed by atoms with van der Waals surface area (Å²) in [4.78, 5) is 37.5. The SMILES string of the molecule is COc1ccc(CNC(=O)[C@@H](C)OC(=O)C[C@@H]2Sc3ccccc3NC2=O)cc1. The van der Waals surface area contributed by atoms with Crippen LogP contribution in [0.15, 0.2) is 53.4 Å². The zero-order valence-corrected chi connectivity index (χ0v) is 17.0. The number of amides is 2. The van der Waals surface area contributed by atoms with Crippen LogP contribution in [-0.2, 0) is 25.7 Å². The lowest BCUT2D eigenvalue weighted by molar-refractivity contribution is -0.155. The molecule has 3 rings (SSSR count). The second-order valence-corrected chi connectivity index (χ2v) is 7.74. The van der Waals surface area contributed by atoms with Gasteiger partial charge in [0, 0.05) is 11.4 Å². The Hall–Kier alpha value is -3.00. The fourth-order valence-corrected chi connectivity index (χ4v) is 3.85. The first-order valence-electron chi connectivity index (χ1n) is 9.13. The molecule has 0 saturated heterocycles. The number of ether oxygens (including phenoxy) is 2. The van der Waals surface area contributed by atoms with Gasteiger partial charge in [-0.05, 0) is 36.8 Å². The molecule has 1 aliphatic heterocycles. The Morgan fingerprint density at radius 2 is 1.90 bits per heavy atom. The minimum Gasteiger partial charge on any atom is -0.497 e. The fourth-order valence-electron chi connectivity index (χ4n) is 2.75. The molecule has 0 spiro atoms. The molecule has 1 aliphatic rings. The smallest absolute Gasteiger partial charge is 0.308 e. The summed E-state index contributed by atoms with van der Waals surface area (Å²) in [5.74, 6) is -0.513. The highest BCUT2D eigenvalue weighted by Gasteiger charge is 2.30. The number of anilines is 1. The number of nitrogens with one attached hydrogen (secondary N) is 2. The Kier molecular flexibility index (Phi) is 6.77. The second kappa shape index (κ2) is 9.47. The van der Waals surface area contributed by atoms with Crippen LogP contribution in [-0.4, -0.2) is 36.2 Å². The number of rotatable bonds is 7. The van der Waals surface area contributed by atoms with E-state index in [9.17, 15) is 14.4 Å². The second-order valence-electron chi connectivity index (χ2n) is 6.49. The Balaban J connectivity index is 1.47. The van der Waals surface area contributed by atoms with Gasteiger partial charge in [-0.25, -0.2) is 0 Å². The van der Waals surface area contributed by atoms with Crippen molar-refractivity contribution >= 4 is 35.2 Å². The van der Waals surface area contributed by atoms with Crippen molar-refractivity contribution in [3.05, 3.63) is 54.1 Å².